The Morgan fingerprint density at radius 1 is 1.07 bits per heavy atom. The van der Waals surface area contributed by atoms with Crippen LogP contribution in [0.25, 0.3) is 11.0 Å². The van der Waals surface area contributed by atoms with Crippen molar-refractivity contribution >= 4 is 51.8 Å². The molecule has 3 aromatic rings. The minimum atomic E-state index is -1.00. The van der Waals surface area contributed by atoms with Crippen molar-refractivity contribution in [1.82, 2.24) is 20.2 Å². The average Bonchev–Trinajstić information content (AvgIpc) is 3.05. The molecule has 0 saturated carbocycles. The first kappa shape index (κ1) is 23.3. The molecule has 0 spiro atoms. The van der Waals surface area contributed by atoms with Crippen LogP contribution in [0.2, 0.25) is 0 Å². The summed E-state index contributed by atoms with van der Waals surface area (Å²) in [5.41, 5.74) is 2.21. The van der Waals surface area contributed by atoms with E-state index in [1.807, 2.05) is 55.5 Å². The SMILES string of the molecule is CN=C(NCCCn1c(C)nc2ccccc21)NCCS(=O)c1ccccc1.I. The highest BCUT2D eigenvalue weighted by molar-refractivity contribution is 14.0. The Kier molecular flexibility index (Phi) is 9.59. The number of aryl methyl sites for hydroxylation is 2. The number of hydrogen-bond acceptors (Lipinski definition) is 3. The number of nitrogens with one attached hydrogen (secondary N) is 2. The van der Waals surface area contributed by atoms with Gasteiger partial charge in [-0.05, 0) is 37.6 Å². The predicted octanol–water partition coefficient (Wildman–Crippen LogP) is 3.33. The number of imidazole rings is 1. The van der Waals surface area contributed by atoms with E-state index in [2.05, 4.69) is 31.2 Å². The van der Waals surface area contributed by atoms with Gasteiger partial charge in [-0.2, -0.15) is 0 Å². The van der Waals surface area contributed by atoms with Gasteiger partial charge < -0.3 is 15.2 Å². The second-order valence-electron chi connectivity index (χ2n) is 6.44. The van der Waals surface area contributed by atoms with Gasteiger partial charge in [0.15, 0.2) is 5.96 Å². The molecule has 156 valence electrons. The Labute approximate surface area is 191 Å². The van der Waals surface area contributed by atoms with Gasteiger partial charge in [-0.15, -0.1) is 24.0 Å². The molecule has 0 radical (unpaired) electrons. The quantitative estimate of drug-likeness (QED) is 0.205. The van der Waals surface area contributed by atoms with Crippen molar-refractivity contribution in [3.05, 3.63) is 60.4 Å². The summed E-state index contributed by atoms with van der Waals surface area (Å²) in [6.07, 6.45) is 0.956. The van der Waals surface area contributed by atoms with E-state index in [0.717, 1.165) is 41.7 Å². The lowest BCUT2D eigenvalue weighted by molar-refractivity contribution is 0.625. The van der Waals surface area contributed by atoms with Crippen LogP contribution in [0.3, 0.4) is 0 Å². The maximum Gasteiger partial charge on any atom is 0.191 e. The normalized spacial score (nSPS) is 12.4. The standard InChI is InChI=1S/C21H27N5OS.HI/c1-17-25-19-11-6-7-12-20(19)26(17)15-8-13-23-21(22-2)24-14-16-28(27)18-9-4-3-5-10-18;/h3-7,9-12H,8,13-16H2,1-2H3,(H2,22,23,24);1H. The summed E-state index contributed by atoms with van der Waals surface area (Å²) in [5.74, 6) is 2.31. The van der Waals surface area contributed by atoms with Crippen molar-refractivity contribution in [2.75, 3.05) is 25.9 Å². The van der Waals surface area contributed by atoms with Gasteiger partial charge in [0.25, 0.3) is 0 Å². The molecule has 0 aliphatic rings. The second-order valence-corrected chi connectivity index (χ2v) is 8.01. The van der Waals surface area contributed by atoms with Crippen molar-refractivity contribution in [2.24, 2.45) is 4.99 Å². The third-order valence-electron chi connectivity index (χ3n) is 4.51. The zero-order valence-corrected chi connectivity index (χ0v) is 19.9. The molecule has 6 nitrogen and oxygen atoms in total. The third kappa shape index (κ3) is 6.53. The monoisotopic (exact) mass is 525 g/mol. The van der Waals surface area contributed by atoms with Crippen LogP contribution >= 0.6 is 24.0 Å². The Morgan fingerprint density at radius 2 is 1.76 bits per heavy atom. The van der Waals surface area contributed by atoms with Gasteiger partial charge in [0.05, 0.1) is 21.8 Å². The molecule has 0 amide bonds. The zero-order valence-electron chi connectivity index (χ0n) is 16.8. The third-order valence-corrected chi connectivity index (χ3v) is 5.88. The topological polar surface area (TPSA) is 71.3 Å². The van der Waals surface area contributed by atoms with E-state index < -0.39 is 10.8 Å². The molecule has 0 fully saturated rings. The van der Waals surface area contributed by atoms with E-state index in [1.165, 1.54) is 5.52 Å². The molecule has 0 bridgehead atoms. The second kappa shape index (κ2) is 11.9. The van der Waals surface area contributed by atoms with E-state index in [-0.39, 0.29) is 24.0 Å². The fourth-order valence-corrected chi connectivity index (χ4v) is 4.08. The largest absolute Gasteiger partial charge is 0.356 e. The van der Waals surface area contributed by atoms with Crippen LogP contribution in [0.1, 0.15) is 12.2 Å². The summed E-state index contributed by atoms with van der Waals surface area (Å²) in [6.45, 7) is 4.34. The number of halogens is 1. The fraction of sp³-hybridized carbons (Fsp3) is 0.333. The average molecular weight is 525 g/mol. The van der Waals surface area contributed by atoms with E-state index >= 15 is 0 Å². The Hall–Kier alpha value is -1.94. The van der Waals surface area contributed by atoms with Crippen LogP contribution in [-0.4, -0.2) is 45.6 Å². The molecule has 2 N–H and O–H groups in total. The Balaban J connectivity index is 0.00000300. The maximum absolute atomic E-state index is 12.2. The molecule has 3 rings (SSSR count). The van der Waals surface area contributed by atoms with Crippen molar-refractivity contribution < 1.29 is 4.21 Å². The van der Waals surface area contributed by atoms with Gasteiger partial charge in [0.2, 0.25) is 0 Å². The van der Waals surface area contributed by atoms with Gasteiger partial charge in [0, 0.05) is 37.3 Å². The number of hydrogen-bond donors (Lipinski definition) is 2. The molecule has 29 heavy (non-hydrogen) atoms. The summed E-state index contributed by atoms with van der Waals surface area (Å²) in [5, 5.41) is 6.55. The molecular formula is C21H28IN5OS. The van der Waals surface area contributed by atoms with Crippen LogP contribution in [0.15, 0.2) is 64.5 Å². The van der Waals surface area contributed by atoms with Crippen LogP contribution < -0.4 is 10.6 Å². The summed E-state index contributed by atoms with van der Waals surface area (Å²) in [4.78, 5) is 9.70. The number of benzene rings is 2. The Morgan fingerprint density at radius 3 is 2.52 bits per heavy atom. The predicted molar refractivity (Wildman–Crippen MR) is 132 cm³/mol. The summed E-state index contributed by atoms with van der Waals surface area (Å²) in [6, 6.07) is 17.7. The van der Waals surface area contributed by atoms with Gasteiger partial charge >= 0.3 is 0 Å². The van der Waals surface area contributed by atoms with Gasteiger partial charge in [-0.3, -0.25) is 9.20 Å². The van der Waals surface area contributed by atoms with Crippen LogP contribution in [0.5, 0.6) is 0 Å². The number of fused-ring (bicyclic) bond motifs is 1. The highest BCUT2D eigenvalue weighted by Gasteiger charge is 2.07. The van der Waals surface area contributed by atoms with Gasteiger partial charge in [-0.25, -0.2) is 4.98 Å². The van der Waals surface area contributed by atoms with Crippen LogP contribution in [0, 0.1) is 6.92 Å². The lowest BCUT2D eigenvalue weighted by Crippen LogP contribution is -2.39. The van der Waals surface area contributed by atoms with Crippen molar-refractivity contribution in [2.45, 2.75) is 24.8 Å². The Bertz CT molecular complexity index is 958. The number of nitrogens with zero attached hydrogens (tertiary/aromatic N) is 3. The van der Waals surface area contributed by atoms with Crippen molar-refractivity contribution in [3.63, 3.8) is 0 Å². The highest BCUT2D eigenvalue weighted by Crippen LogP contribution is 2.15. The minimum absolute atomic E-state index is 0. The lowest BCUT2D eigenvalue weighted by atomic mass is 10.3. The number of aromatic nitrogens is 2. The molecule has 0 saturated heterocycles. The molecule has 8 heteroatoms. The first-order valence-corrected chi connectivity index (χ1v) is 10.8. The van der Waals surface area contributed by atoms with E-state index in [1.54, 1.807) is 7.05 Å². The number of aliphatic imine (C=N–C) groups is 1. The van der Waals surface area contributed by atoms with E-state index in [9.17, 15) is 4.21 Å². The molecule has 2 aromatic carbocycles. The molecule has 1 unspecified atom stereocenters. The van der Waals surface area contributed by atoms with Crippen molar-refractivity contribution in [1.29, 1.82) is 0 Å². The number of para-hydroxylation sites is 2. The molecule has 0 aliphatic carbocycles. The zero-order chi connectivity index (χ0) is 19.8. The van der Waals surface area contributed by atoms with Gasteiger partial charge in [-0.1, -0.05) is 30.3 Å². The first-order chi connectivity index (χ1) is 13.7. The van der Waals surface area contributed by atoms with E-state index in [4.69, 9.17) is 0 Å². The van der Waals surface area contributed by atoms with Crippen LogP contribution in [0.4, 0.5) is 0 Å². The van der Waals surface area contributed by atoms with Gasteiger partial charge in [0.1, 0.15) is 5.82 Å². The maximum atomic E-state index is 12.2. The summed E-state index contributed by atoms with van der Waals surface area (Å²) >= 11 is 0. The first-order valence-electron chi connectivity index (χ1n) is 9.49. The molecule has 0 aliphatic heterocycles. The summed E-state index contributed by atoms with van der Waals surface area (Å²) in [7, 11) is 0.746. The van der Waals surface area contributed by atoms with Crippen LogP contribution in [-0.2, 0) is 17.3 Å². The molecule has 1 aromatic heterocycles. The molecular weight excluding hydrogens is 497 g/mol. The smallest absolute Gasteiger partial charge is 0.191 e. The summed E-state index contributed by atoms with van der Waals surface area (Å²) < 4.78 is 14.5. The van der Waals surface area contributed by atoms with E-state index in [0.29, 0.717) is 12.3 Å². The lowest BCUT2D eigenvalue weighted by Gasteiger charge is -2.12. The fourth-order valence-electron chi connectivity index (χ4n) is 3.10. The number of guanidine groups is 1. The number of rotatable bonds is 8. The van der Waals surface area contributed by atoms with Crippen molar-refractivity contribution in [3.8, 4) is 0 Å². The highest BCUT2D eigenvalue weighted by atomic mass is 127. The minimum Gasteiger partial charge on any atom is -0.356 e. The molecule has 1 atom stereocenters. The molecule has 1 heterocycles.